The summed E-state index contributed by atoms with van der Waals surface area (Å²) in [5, 5.41) is 12.3. The van der Waals surface area contributed by atoms with E-state index in [1.54, 1.807) is 12.1 Å². The fourth-order valence-electron chi connectivity index (χ4n) is 4.41. The summed E-state index contributed by atoms with van der Waals surface area (Å²) in [6.07, 6.45) is -2.73. The molecular formula is C23H25F3N4. The molecule has 2 aliphatic heterocycles. The number of nitrogens with zero attached hydrogens (tertiary/aromatic N) is 3. The molecule has 2 heterocycles. The van der Waals surface area contributed by atoms with Gasteiger partial charge in [-0.1, -0.05) is 12.1 Å². The number of halogens is 3. The Morgan fingerprint density at radius 3 is 2.07 bits per heavy atom. The van der Waals surface area contributed by atoms with Crippen LogP contribution in [0, 0.1) is 11.3 Å². The molecule has 0 radical (unpaired) electrons. The quantitative estimate of drug-likeness (QED) is 0.810. The summed E-state index contributed by atoms with van der Waals surface area (Å²) in [6.45, 7) is 5.45. The van der Waals surface area contributed by atoms with Crippen LogP contribution >= 0.6 is 0 Å². The van der Waals surface area contributed by atoms with Crippen LogP contribution < -0.4 is 15.1 Å². The zero-order valence-corrected chi connectivity index (χ0v) is 16.8. The Hall–Kier alpha value is -2.72. The zero-order chi connectivity index (χ0) is 21.1. The summed E-state index contributed by atoms with van der Waals surface area (Å²) in [4.78, 5) is 4.37. The van der Waals surface area contributed by atoms with Crippen molar-refractivity contribution in [2.75, 3.05) is 49.1 Å². The normalized spacial score (nSPS) is 18.3. The SMILES string of the molecule is N#Cc1ccc(N2CCC(c3ccc(N4CCNCC4)cc3)CC2)cc1C(F)(F)F. The number of rotatable bonds is 3. The van der Waals surface area contributed by atoms with E-state index >= 15 is 0 Å². The molecule has 158 valence electrons. The monoisotopic (exact) mass is 414 g/mol. The molecule has 2 aliphatic rings. The summed E-state index contributed by atoms with van der Waals surface area (Å²) in [6, 6.07) is 14.4. The smallest absolute Gasteiger partial charge is 0.371 e. The van der Waals surface area contributed by atoms with Gasteiger partial charge >= 0.3 is 6.18 Å². The predicted octanol–water partition coefficient (Wildman–Crippen LogP) is 4.37. The van der Waals surface area contributed by atoms with Crippen LogP contribution in [0.15, 0.2) is 42.5 Å². The van der Waals surface area contributed by atoms with E-state index in [0.717, 1.165) is 45.1 Å². The van der Waals surface area contributed by atoms with Gasteiger partial charge in [0.2, 0.25) is 0 Å². The van der Waals surface area contributed by atoms with Gasteiger partial charge in [-0.05, 0) is 54.7 Å². The highest BCUT2D eigenvalue weighted by molar-refractivity contribution is 5.55. The van der Waals surface area contributed by atoms with E-state index in [2.05, 4.69) is 34.5 Å². The van der Waals surface area contributed by atoms with Crippen LogP contribution in [-0.4, -0.2) is 39.3 Å². The maximum Gasteiger partial charge on any atom is 0.417 e. The first-order valence-corrected chi connectivity index (χ1v) is 10.4. The molecule has 2 aromatic rings. The molecule has 0 unspecified atom stereocenters. The lowest BCUT2D eigenvalue weighted by Crippen LogP contribution is -2.43. The molecular weight excluding hydrogens is 389 g/mol. The average Bonchev–Trinajstić information content (AvgIpc) is 2.79. The first kappa shape index (κ1) is 20.5. The van der Waals surface area contributed by atoms with E-state index in [1.807, 2.05) is 4.90 Å². The third-order valence-corrected chi connectivity index (χ3v) is 6.14. The van der Waals surface area contributed by atoms with Gasteiger partial charge < -0.3 is 15.1 Å². The topological polar surface area (TPSA) is 42.3 Å². The van der Waals surface area contributed by atoms with Crippen LogP contribution in [0.25, 0.3) is 0 Å². The number of benzene rings is 2. The third-order valence-electron chi connectivity index (χ3n) is 6.14. The molecule has 0 bridgehead atoms. The van der Waals surface area contributed by atoms with Crippen LogP contribution in [0.4, 0.5) is 24.5 Å². The Kier molecular flexibility index (Phi) is 5.87. The van der Waals surface area contributed by atoms with Crippen molar-refractivity contribution in [3.05, 3.63) is 59.2 Å². The number of hydrogen-bond acceptors (Lipinski definition) is 4. The Morgan fingerprint density at radius 2 is 1.47 bits per heavy atom. The maximum atomic E-state index is 13.3. The zero-order valence-electron chi connectivity index (χ0n) is 16.8. The van der Waals surface area contributed by atoms with Gasteiger partial charge in [0, 0.05) is 50.6 Å². The second-order valence-corrected chi connectivity index (χ2v) is 7.93. The molecule has 4 rings (SSSR count). The minimum Gasteiger partial charge on any atom is -0.371 e. The highest BCUT2D eigenvalue weighted by atomic mass is 19.4. The van der Waals surface area contributed by atoms with Gasteiger partial charge in [0.15, 0.2) is 0 Å². The Morgan fingerprint density at radius 1 is 0.867 bits per heavy atom. The number of piperazine rings is 1. The Bertz CT molecular complexity index is 904. The first-order chi connectivity index (χ1) is 14.5. The average molecular weight is 414 g/mol. The molecule has 0 amide bonds. The number of nitrogens with one attached hydrogen (secondary N) is 1. The van der Waals surface area contributed by atoms with E-state index in [4.69, 9.17) is 5.26 Å². The van der Waals surface area contributed by atoms with Gasteiger partial charge in [0.25, 0.3) is 0 Å². The molecule has 2 aromatic carbocycles. The molecule has 0 atom stereocenters. The van der Waals surface area contributed by atoms with Crippen LogP contribution in [0.5, 0.6) is 0 Å². The van der Waals surface area contributed by atoms with E-state index in [0.29, 0.717) is 24.7 Å². The minimum absolute atomic E-state index is 0.328. The first-order valence-electron chi connectivity index (χ1n) is 10.4. The van der Waals surface area contributed by atoms with Gasteiger partial charge in [-0.25, -0.2) is 0 Å². The second kappa shape index (κ2) is 8.57. The van der Waals surface area contributed by atoms with Crippen molar-refractivity contribution in [1.82, 2.24) is 5.32 Å². The van der Waals surface area contributed by atoms with E-state index < -0.39 is 11.7 Å². The maximum absolute atomic E-state index is 13.3. The summed E-state index contributed by atoms with van der Waals surface area (Å²) >= 11 is 0. The molecule has 0 spiro atoms. The lowest BCUT2D eigenvalue weighted by molar-refractivity contribution is -0.137. The number of nitriles is 1. The summed E-state index contributed by atoms with van der Waals surface area (Å²) in [5.41, 5.74) is 1.90. The van der Waals surface area contributed by atoms with Gasteiger partial charge in [-0.2, -0.15) is 18.4 Å². The third kappa shape index (κ3) is 4.39. The van der Waals surface area contributed by atoms with Crippen molar-refractivity contribution < 1.29 is 13.2 Å². The molecule has 4 nitrogen and oxygen atoms in total. The number of alkyl halides is 3. The number of hydrogen-bond donors (Lipinski definition) is 1. The second-order valence-electron chi connectivity index (χ2n) is 7.93. The lowest BCUT2D eigenvalue weighted by Gasteiger charge is -2.34. The fraction of sp³-hybridized carbons (Fsp3) is 0.435. The van der Waals surface area contributed by atoms with E-state index in [-0.39, 0.29) is 5.56 Å². The van der Waals surface area contributed by atoms with Gasteiger partial charge in [0.1, 0.15) is 0 Å². The summed E-state index contributed by atoms with van der Waals surface area (Å²) < 4.78 is 39.8. The molecule has 30 heavy (non-hydrogen) atoms. The highest BCUT2D eigenvalue weighted by Gasteiger charge is 2.34. The van der Waals surface area contributed by atoms with Crippen molar-refractivity contribution in [2.24, 2.45) is 0 Å². The van der Waals surface area contributed by atoms with Crippen molar-refractivity contribution in [2.45, 2.75) is 24.9 Å². The van der Waals surface area contributed by atoms with Crippen LogP contribution in [0.1, 0.15) is 35.4 Å². The van der Waals surface area contributed by atoms with Crippen LogP contribution in [0.2, 0.25) is 0 Å². The van der Waals surface area contributed by atoms with Crippen LogP contribution in [0.3, 0.4) is 0 Å². The summed E-state index contributed by atoms with van der Waals surface area (Å²) in [7, 11) is 0. The van der Waals surface area contributed by atoms with Crippen molar-refractivity contribution in [1.29, 1.82) is 5.26 Å². The molecule has 1 N–H and O–H groups in total. The summed E-state index contributed by atoms with van der Waals surface area (Å²) in [5.74, 6) is 0.416. The number of piperidine rings is 1. The Labute approximate surface area is 174 Å². The molecule has 0 aliphatic carbocycles. The van der Waals surface area contributed by atoms with Crippen molar-refractivity contribution in [3.8, 4) is 6.07 Å². The van der Waals surface area contributed by atoms with E-state index in [1.165, 1.54) is 17.3 Å². The van der Waals surface area contributed by atoms with Crippen molar-refractivity contribution >= 4 is 11.4 Å². The number of anilines is 2. The minimum atomic E-state index is -4.52. The Balaban J connectivity index is 1.41. The molecule has 7 heteroatoms. The van der Waals surface area contributed by atoms with Crippen LogP contribution in [-0.2, 0) is 6.18 Å². The molecule has 2 saturated heterocycles. The standard InChI is InChI=1S/C23H25F3N4/c24-23(25,26)22-15-21(6-3-19(22)16-27)29-11-7-18(8-12-29)17-1-4-20(5-2-17)30-13-9-28-10-14-30/h1-6,15,18,28H,7-14H2. The van der Waals surface area contributed by atoms with E-state index in [9.17, 15) is 13.2 Å². The van der Waals surface area contributed by atoms with Gasteiger partial charge in [-0.3, -0.25) is 0 Å². The lowest BCUT2D eigenvalue weighted by atomic mass is 9.89. The molecule has 2 fully saturated rings. The molecule has 0 saturated carbocycles. The van der Waals surface area contributed by atoms with Gasteiger partial charge in [-0.15, -0.1) is 0 Å². The predicted molar refractivity (Wildman–Crippen MR) is 112 cm³/mol. The largest absolute Gasteiger partial charge is 0.417 e. The highest BCUT2D eigenvalue weighted by Crippen LogP contribution is 2.36. The fourth-order valence-corrected chi connectivity index (χ4v) is 4.41. The van der Waals surface area contributed by atoms with Gasteiger partial charge in [0.05, 0.1) is 17.2 Å². The molecule has 0 aromatic heterocycles. The van der Waals surface area contributed by atoms with Crippen molar-refractivity contribution in [3.63, 3.8) is 0 Å².